The number of nitrogens with one attached hydrogen (secondary N) is 1. The topological polar surface area (TPSA) is 45.0 Å². The summed E-state index contributed by atoms with van der Waals surface area (Å²) in [6.07, 6.45) is 1.93. The monoisotopic (exact) mass is 246 g/mol. The summed E-state index contributed by atoms with van der Waals surface area (Å²) in [7, 11) is 1.69. The van der Waals surface area contributed by atoms with E-state index in [9.17, 15) is 0 Å². The van der Waals surface area contributed by atoms with Crippen LogP contribution in [0.25, 0.3) is 0 Å². The minimum absolute atomic E-state index is 0.216. The van der Waals surface area contributed by atoms with Crippen LogP contribution in [0.5, 0.6) is 5.75 Å². The van der Waals surface area contributed by atoms with Gasteiger partial charge in [0.2, 0.25) is 0 Å². The van der Waals surface area contributed by atoms with Crippen LogP contribution in [0.3, 0.4) is 0 Å². The van der Waals surface area contributed by atoms with Gasteiger partial charge in [-0.05, 0) is 39.3 Å². The molecule has 0 amide bonds. The van der Waals surface area contributed by atoms with Crippen LogP contribution in [0, 0.1) is 16.7 Å². The van der Waals surface area contributed by atoms with Crippen molar-refractivity contribution in [1.29, 1.82) is 5.26 Å². The molecule has 0 saturated heterocycles. The van der Waals surface area contributed by atoms with Crippen molar-refractivity contribution in [2.24, 2.45) is 5.41 Å². The molecule has 3 nitrogen and oxygen atoms in total. The molecule has 0 radical (unpaired) electrons. The molecule has 0 aliphatic carbocycles. The van der Waals surface area contributed by atoms with Crippen LogP contribution in [0.4, 0.5) is 0 Å². The van der Waals surface area contributed by atoms with E-state index in [1.807, 2.05) is 32.0 Å². The van der Waals surface area contributed by atoms with Crippen LogP contribution < -0.4 is 10.1 Å². The highest BCUT2D eigenvalue weighted by molar-refractivity contribution is 5.32. The Morgan fingerprint density at radius 3 is 2.72 bits per heavy atom. The number of nitrogens with zero attached hydrogens (tertiary/aromatic N) is 1. The summed E-state index contributed by atoms with van der Waals surface area (Å²) in [6, 6.07) is 10.3. The maximum absolute atomic E-state index is 8.91. The van der Waals surface area contributed by atoms with E-state index in [1.165, 1.54) is 5.56 Å². The number of rotatable bonds is 7. The normalized spacial score (nSPS) is 11.0. The predicted octanol–water partition coefficient (Wildman–Crippen LogP) is 3.11. The van der Waals surface area contributed by atoms with Crippen LogP contribution in [0.2, 0.25) is 0 Å². The molecule has 1 N–H and O–H groups in total. The number of hydrogen-bond acceptors (Lipinski definition) is 3. The van der Waals surface area contributed by atoms with Crippen LogP contribution in [-0.2, 0) is 6.54 Å². The van der Waals surface area contributed by atoms with E-state index in [-0.39, 0.29) is 5.41 Å². The molecule has 0 heterocycles. The molecule has 0 aliphatic heterocycles. The Hall–Kier alpha value is -1.53. The first-order chi connectivity index (χ1) is 8.59. The maximum atomic E-state index is 8.91. The van der Waals surface area contributed by atoms with Gasteiger partial charge in [-0.15, -0.1) is 0 Å². The Balaban J connectivity index is 2.28. The summed E-state index contributed by atoms with van der Waals surface area (Å²) in [5, 5.41) is 12.3. The number of nitriles is 1. The van der Waals surface area contributed by atoms with Gasteiger partial charge in [0.05, 0.1) is 18.6 Å². The van der Waals surface area contributed by atoms with Crippen molar-refractivity contribution in [3.8, 4) is 11.8 Å². The molecule has 0 aromatic heterocycles. The maximum Gasteiger partial charge on any atom is 0.123 e. The molecular formula is C15H22N2O. The first-order valence-electron chi connectivity index (χ1n) is 6.33. The molecule has 98 valence electrons. The Morgan fingerprint density at radius 1 is 1.33 bits per heavy atom. The second kappa shape index (κ2) is 7.03. The average Bonchev–Trinajstić information content (AvgIpc) is 2.38. The standard InChI is InChI=1S/C15H22N2O/c1-15(2,12-16)9-6-10-17-11-13-7-4-5-8-14(13)18-3/h4-5,7-8,17H,6,9-11H2,1-3H3. The number of ether oxygens (including phenoxy) is 1. The Labute approximate surface area is 110 Å². The second-order valence-electron chi connectivity index (χ2n) is 5.09. The lowest BCUT2D eigenvalue weighted by Crippen LogP contribution is -2.18. The van der Waals surface area contributed by atoms with Crippen molar-refractivity contribution in [2.45, 2.75) is 33.2 Å². The van der Waals surface area contributed by atoms with Gasteiger partial charge in [-0.2, -0.15) is 5.26 Å². The van der Waals surface area contributed by atoms with Crippen molar-refractivity contribution < 1.29 is 4.74 Å². The minimum Gasteiger partial charge on any atom is -0.496 e. The van der Waals surface area contributed by atoms with E-state index < -0.39 is 0 Å². The third-order valence-electron chi connectivity index (χ3n) is 2.97. The highest BCUT2D eigenvalue weighted by Gasteiger charge is 2.15. The van der Waals surface area contributed by atoms with Gasteiger partial charge in [0.25, 0.3) is 0 Å². The lowest BCUT2D eigenvalue weighted by Gasteiger charge is -2.15. The average molecular weight is 246 g/mol. The predicted molar refractivity (Wildman–Crippen MR) is 73.3 cm³/mol. The van der Waals surface area contributed by atoms with Crippen LogP contribution in [0.15, 0.2) is 24.3 Å². The Morgan fingerprint density at radius 2 is 2.06 bits per heavy atom. The largest absolute Gasteiger partial charge is 0.496 e. The van der Waals surface area contributed by atoms with Gasteiger partial charge in [0, 0.05) is 12.1 Å². The molecule has 1 aromatic rings. The van der Waals surface area contributed by atoms with Gasteiger partial charge in [0.15, 0.2) is 0 Å². The van der Waals surface area contributed by atoms with Crippen LogP contribution in [0.1, 0.15) is 32.3 Å². The zero-order valence-corrected chi connectivity index (χ0v) is 11.5. The van der Waals surface area contributed by atoms with Gasteiger partial charge in [-0.3, -0.25) is 0 Å². The molecular weight excluding hydrogens is 224 g/mol. The third kappa shape index (κ3) is 4.77. The number of para-hydroxylation sites is 1. The summed E-state index contributed by atoms with van der Waals surface area (Å²) in [6.45, 7) is 5.68. The zero-order valence-electron chi connectivity index (χ0n) is 11.5. The molecule has 0 saturated carbocycles. The fourth-order valence-electron chi connectivity index (χ4n) is 1.78. The third-order valence-corrected chi connectivity index (χ3v) is 2.97. The molecule has 3 heteroatoms. The van der Waals surface area contributed by atoms with E-state index in [0.717, 1.165) is 31.7 Å². The number of benzene rings is 1. The summed E-state index contributed by atoms with van der Waals surface area (Å²) < 4.78 is 5.29. The van der Waals surface area contributed by atoms with E-state index in [4.69, 9.17) is 10.00 Å². The van der Waals surface area contributed by atoms with Crippen molar-refractivity contribution in [1.82, 2.24) is 5.32 Å². The summed E-state index contributed by atoms with van der Waals surface area (Å²) >= 11 is 0. The zero-order chi connectivity index (χ0) is 13.4. The van der Waals surface area contributed by atoms with E-state index >= 15 is 0 Å². The van der Waals surface area contributed by atoms with Gasteiger partial charge >= 0.3 is 0 Å². The first-order valence-corrected chi connectivity index (χ1v) is 6.33. The molecule has 0 unspecified atom stereocenters. The molecule has 0 fully saturated rings. The van der Waals surface area contributed by atoms with Crippen LogP contribution >= 0.6 is 0 Å². The number of hydrogen-bond donors (Lipinski definition) is 1. The Bertz CT molecular complexity index is 407. The molecule has 0 spiro atoms. The highest BCUT2D eigenvalue weighted by atomic mass is 16.5. The highest BCUT2D eigenvalue weighted by Crippen LogP contribution is 2.20. The summed E-state index contributed by atoms with van der Waals surface area (Å²) in [5.41, 5.74) is 0.950. The first kappa shape index (κ1) is 14.5. The molecule has 18 heavy (non-hydrogen) atoms. The minimum atomic E-state index is -0.216. The summed E-state index contributed by atoms with van der Waals surface area (Å²) in [5.74, 6) is 0.919. The van der Waals surface area contributed by atoms with E-state index in [0.29, 0.717) is 0 Å². The quantitative estimate of drug-likeness (QED) is 0.752. The molecule has 0 bridgehead atoms. The Kier molecular flexibility index (Phi) is 5.67. The van der Waals surface area contributed by atoms with Crippen LogP contribution in [-0.4, -0.2) is 13.7 Å². The molecule has 0 atom stereocenters. The van der Waals surface area contributed by atoms with Crippen molar-refractivity contribution in [3.05, 3.63) is 29.8 Å². The summed E-state index contributed by atoms with van der Waals surface area (Å²) in [4.78, 5) is 0. The lowest BCUT2D eigenvalue weighted by atomic mass is 9.90. The fourth-order valence-corrected chi connectivity index (χ4v) is 1.78. The van der Waals surface area contributed by atoms with Gasteiger partial charge in [0.1, 0.15) is 5.75 Å². The van der Waals surface area contributed by atoms with Crippen molar-refractivity contribution >= 4 is 0 Å². The number of methoxy groups -OCH3 is 1. The van der Waals surface area contributed by atoms with Gasteiger partial charge < -0.3 is 10.1 Å². The molecule has 0 aliphatic rings. The van der Waals surface area contributed by atoms with E-state index in [1.54, 1.807) is 7.11 Å². The van der Waals surface area contributed by atoms with Gasteiger partial charge in [-0.25, -0.2) is 0 Å². The van der Waals surface area contributed by atoms with Crippen molar-refractivity contribution in [3.63, 3.8) is 0 Å². The van der Waals surface area contributed by atoms with E-state index in [2.05, 4.69) is 17.5 Å². The van der Waals surface area contributed by atoms with Crippen molar-refractivity contribution in [2.75, 3.05) is 13.7 Å². The fraction of sp³-hybridized carbons (Fsp3) is 0.533. The van der Waals surface area contributed by atoms with Gasteiger partial charge in [-0.1, -0.05) is 18.2 Å². The lowest BCUT2D eigenvalue weighted by molar-refractivity contribution is 0.404. The molecule has 1 aromatic carbocycles. The molecule has 1 rings (SSSR count). The SMILES string of the molecule is COc1ccccc1CNCCCC(C)(C)C#N. The smallest absolute Gasteiger partial charge is 0.123 e. The second-order valence-corrected chi connectivity index (χ2v) is 5.09.